The maximum atomic E-state index is 9.94. The van der Waals surface area contributed by atoms with Gasteiger partial charge in [0.25, 0.3) is 0 Å². The predicted octanol–water partition coefficient (Wildman–Crippen LogP) is 2.19. The third-order valence-electron chi connectivity index (χ3n) is 3.17. The smallest absolute Gasteiger partial charge is 0.0642 e. The first-order valence-corrected chi connectivity index (χ1v) is 5.18. The minimum Gasteiger partial charge on any atom is -0.393 e. The molecule has 0 radical (unpaired) electrons. The minimum atomic E-state index is -0.594. The first kappa shape index (κ1) is 12.9. The molecule has 2 N–H and O–H groups in total. The van der Waals surface area contributed by atoms with Crippen molar-refractivity contribution in [3.8, 4) is 0 Å². The molecular weight excluding hydrogens is 164 g/mol. The summed E-state index contributed by atoms with van der Waals surface area (Å²) in [5.41, 5.74) is -0.594. The Hall–Kier alpha value is -0.0800. The lowest BCUT2D eigenvalue weighted by atomic mass is 9.84. The van der Waals surface area contributed by atoms with Gasteiger partial charge in [0.2, 0.25) is 0 Å². The van der Waals surface area contributed by atoms with Crippen LogP contribution >= 0.6 is 0 Å². The number of aliphatic hydroxyl groups is 2. The van der Waals surface area contributed by atoms with E-state index in [-0.39, 0.29) is 17.9 Å². The van der Waals surface area contributed by atoms with Crippen molar-refractivity contribution in [3.63, 3.8) is 0 Å². The van der Waals surface area contributed by atoms with Gasteiger partial charge in [-0.1, -0.05) is 20.8 Å². The SMILES string of the molecule is CC(O)C(C)CCC(C)(O)C(C)C. The molecule has 0 fully saturated rings. The Balaban J connectivity index is 3.88. The van der Waals surface area contributed by atoms with E-state index >= 15 is 0 Å². The van der Waals surface area contributed by atoms with Crippen LogP contribution in [0.15, 0.2) is 0 Å². The fraction of sp³-hybridized carbons (Fsp3) is 1.00. The molecule has 0 rings (SSSR count). The zero-order valence-electron chi connectivity index (χ0n) is 9.54. The van der Waals surface area contributed by atoms with Gasteiger partial charge in [-0.3, -0.25) is 0 Å². The Kier molecular flexibility index (Phi) is 4.93. The van der Waals surface area contributed by atoms with E-state index in [1.165, 1.54) is 0 Å². The van der Waals surface area contributed by atoms with Crippen LogP contribution in [-0.2, 0) is 0 Å². The van der Waals surface area contributed by atoms with Crippen LogP contribution in [0.5, 0.6) is 0 Å². The van der Waals surface area contributed by atoms with E-state index in [1.807, 2.05) is 27.7 Å². The van der Waals surface area contributed by atoms with E-state index in [1.54, 1.807) is 6.92 Å². The Labute approximate surface area is 82.0 Å². The van der Waals surface area contributed by atoms with Crippen molar-refractivity contribution >= 4 is 0 Å². The molecule has 80 valence electrons. The first-order valence-electron chi connectivity index (χ1n) is 5.18. The van der Waals surface area contributed by atoms with Crippen LogP contribution in [0.3, 0.4) is 0 Å². The van der Waals surface area contributed by atoms with E-state index in [0.29, 0.717) is 0 Å². The number of aliphatic hydroxyl groups excluding tert-OH is 1. The summed E-state index contributed by atoms with van der Waals surface area (Å²) in [5, 5.41) is 19.2. The number of hydrogen-bond acceptors (Lipinski definition) is 2. The number of hydrogen-bond donors (Lipinski definition) is 2. The summed E-state index contributed by atoms with van der Waals surface area (Å²) in [6.07, 6.45) is 1.36. The van der Waals surface area contributed by atoms with Gasteiger partial charge in [0.15, 0.2) is 0 Å². The monoisotopic (exact) mass is 188 g/mol. The van der Waals surface area contributed by atoms with Crippen molar-refractivity contribution in [3.05, 3.63) is 0 Å². The molecule has 0 aromatic carbocycles. The van der Waals surface area contributed by atoms with Crippen molar-refractivity contribution in [2.24, 2.45) is 11.8 Å². The van der Waals surface area contributed by atoms with Gasteiger partial charge < -0.3 is 10.2 Å². The summed E-state index contributed by atoms with van der Waals surface area (Å²) < 4.78 is 0. The van der Waals surface area contributed by atoms with E-state index in [2.05, 4.69) is 0 Å². The molecule has 0 amide bonds. The van der Waals surface area contributed by atoms with Gasteiger partial charge in [0.05, 0.1) is 11.7 Å². The Morgan fingerprint density at radius 3 is 1.92 bits per heavy atom. The topological polar surface area (TPSA) is 40.5 Å². The summed E-state index contributed by atoms with van der Waals surface area (Å²) in [6.45, 7) is 9.72. The summed E-state index contributed by atoms with van der Waals surface area (Å²) in [6, 6.07) is 0. The van der Waals surface area contributed by atoms with Crippen molar-refractivity contribution < 1.29 is 10.2 Å². The molecular formula is C11H24O2. The van der Waals surface area contributed by atoms with E-state index in [9.17, 15) is 10.2 Å². The second kappa shape index (κ2) is 4.97. The molecule has 13 heavy (non-hydrogen) atoms. The highest BCUT2D eigenvalue weighted by molar-refractivity contribution is 4.77. The highest BCUT2D eigenvalue weighted by Crippen LogP contribution is 2.25. The summed E-state index contributed by atoms with van der Waals surface area (Å²) in [4.78, 5) is 0. The maximum Gasteiger partial charge on any atom is 0.0642 e. The fourth-order valence-corrected chi connectivity index (χ4v) is 1.05. The average Bonchev–Trinajstić information content (AvgIpc) is 1.99. The van der Waals surface area contributed by atoms with Gasteiger partial charge >= 0.3 is 0 Å². The molecule has 2 nitrogen and oxygen atoms in total. The summed E-state index contributed by atoms with van der Waals surface area (Å²) in [5.74, 6) is 0.541. The Morgan fingerprint density at radius 1 is 1.15 bits per heavy atom. The molecule has 0 saturated heterocycles. The summed E-state index contributed by atoms with van der Waals surface area (Å²) >= 11 is 0. The molecule has 0 heterocycles. The Morgan fingerprint density at radius 2 is 1.62 bits per heavy atom. The highest BCUT2D eigenvalue weighted by atomic mass is 16.3. The van der Waals surface area contributed by atoms with Crippen molar-refractivity contribution in [2.75, 3.05) is 0 Å². The zero-order chi connectivity index (χ0) is 10.6. The van der Waals surface area contributed by atoms with Gasteiger partial charge in [0.1, 0.15) is 0 Å². The van der Waals surface area contributed by atoms with Crippen LogP contribution in [0.2, 0.25) is 0 Å². The molecule has 3 unspecified atom stereocenters. The third-order valence-corrected chi connectivity index (χ3v) is 3.17. The summed E-state index contributed by atoms with van der Waals surface area (Å²) in [7, 11) is 0. The van der Waals surface area contributed by atoms with Crippen LogP contribution in [0.4, 0.5) is 0 Å². The van der Waals surface area contributed by atoms with Crippen molar-refractivity contribution in [1.29, 1.82) is 0 Å². The quantitative estimate of drug-likeness (QED) is 0.694. The van der Waals surface area contributed by atoms with Crippen LogP contribution in [-0.4, -0.2) is 21.9 Å². The molecule has 0 aliphatic carbocycles. The van der Waals surface area contributed by atoms with Crippen LogP contribution in [0.25, 0.3) is 0 Å². The van der Waals surface area contributed by atoms with Gasteiger partial charge in [0, 0.05) is 0 Å². The maximum absolute atomic E-state index is 9.94. The van der Waals surface area contributed by atoms with Crippen LogP contribution < -0.4 is 0 Å². The molecule has 0 aliphatic heterocycles. The highest BCUT2D eigenvalue weighted by Gasteiger charge is 2.25. The second-order valence-corrected chi connectivity index (χ2v) is 4.77. The van der Waals surface area contributed by atoms with Crippen molar-refractivity contribution in [2.45, 2.75) is 59.2 Å². The molecule has 0 saturated carbocycles. The third kappa shape index (κ3) is 4.63. The standard InChI is InChI=1S/C11H24O2/c1-8(2)11(5,13)7-6-9(3)10(4)12/h8-10,12-13H,6-7H2,1-5H3. The molecule has 3 atom stereocenters. The number of rotatable bonds is 5. The van der Waals surface area contributed by atoms with E-state index in [4.69, 9.17) is 0 Å². The van der Waals surface area contributed by atoms with Crippen LogP contribution in [0.1, 0.15) is 47.5 Å². The first-order chi connectivity index (χ1) is 5.77. The van der Waals surface area contributed by atoms with Gasteiger partial charge in [-0.05, 0) is 38.5 Å². The largest absolute Gasteiger partial charge is 0.393 e. The van der Waals surface area contributed by atoms with Crippen LogP contribution in [0, 0.1) is 11.8 Å². The molecule has 0 bridgehead atoms. The average molecular weight is 188 g/mol. The predicted molar refractivity (Wildman–Crippen MR) is 55.5 cm³/mol. The van der Waals surface area contributed by atoms with E-state index in [0.717, 1.165) is 12.8 Å². The molecule has 0 aromatic heterocycles. The van der Waals surface area contributed by atoms with Gasteiger partial charge in [-0.15, -0.1) is 0 Å². The second-order valence-electron chi connectivity index (χ2n) is 4.77. The lowest BCUT2D eigenvalue weighted by molar-refractivity contribution is -0.00517. The lowest BCUT2D eigenvalue weighted by Crippen LogP contribution is -2.32. The molecule has 0 aromatic rings. The normalized spacial score (nSPS) is 21.2. The Bertz CT molecular complexity index is 139. The van der Waals surface area contributed by atoms with Gasteiger partial charge in [-0.25, -0.2) is 0 Å². The molecule has 0 aliphatic rings. The van der Waals surface area contributed by atoms with Gasteiger partial charge in [-0.2, -0.15) is 0 Å². The lowest BCUT2D eigenvalue weighted by Gasteiger charge is -2.29. The van der Waals surface area contributed by atoms with E-state index < -0.39 is 5.60 Å². The fourth-order valence-electron chi connectivity index (χ4n) is 1.05. The zero-order valence-corrected chi connectivity index (χ0v) is 9.54. The minimum absolute atomic E-state index is 0.269. The molecule has 0 spiro atoms. The van der Waals surface area contributed by atoms with Crippen molar-refractivity contribution in [1.82, 2.24) is 0 Å². The molecule has 2 heteroatoms.